The van der Waals surface area contributed by atoms with Gasteiger partial charge in [-0.25, -0.2) is 0 Å². The van der Waals surface area contributed by atoms with E-state index in [-0.39, 0.29) is 18.4 Å². The minimum Gasteiger partial charge on any atom is -0.454 e. The van der Waals surface area contributed by atoms with E-state index in [1.165, 1.54) is 34.8 Å². The molecule has 2 amide bonds. The van der Waals surface area contributed by atoms with Crippen LogP contribution in [-0.4, -0.2) is 42.2 Å². The van der Waals surface area contributed by atoms with Gasteiger partial charge in [0.2, 0.25) is 6.79 Å². The van der Waals surface area contributed by atoms with Crippen LogP contribution in [0.15, 0.2) is 35.3 Å². The van der Waals surface area contributed by atoms with Crippen molar-refractivity contribution in [3.8, 4) is 11.5 Å². The molecule has 25 heavy (non-hydrogen) atoms. The summed E-state index contributed by atoms with van der Waals surface area (Å²) in [5, 5.41) is 2.55. The minimum atomic E-state index is -0.482. The lowest BCUT2D eigenvalue weighted by Gasteiger charge is -2.13. The van der Waals surface area contributed by atoms with Crippen molar-refractivity contribution in [3.05, 3.63) is 51.9 Å². The van der Waals surface area contributed by atoms with Gasteiger partial charge in [-0.2, -0.15) is 0 Å². The van der Waals surface area contributed by atoms with Crippen LogP contribution in [0, 0.1) is 0 Å². The highest BCUT2D eigenvalue weighted by Gasteiger charge is 2.18. The predicted molar refractivity (Wildman–Crippen MR) is 90.2 cm³/mol. The Kier molecular flexibility index (Phi) is 4.18. The number of aromatic nitrogens is 1. The fourth-order valence-electron chi connectivity index (χ4n) is 2.41. The Morgan fingerprint density at radius 2 is 1.84 bits per heavy atom. The van der Waals surface area contributed by atoms with Crippen molar-refractivity contribution >= 4 is 17.5 Å². The van der Waals surface area contributed by atoms with Crippen LogP contribution in [0.5, 0.6) is 11.5 Å². The van der Waals surface area contributed by atoms with Gasteiger partial charge in [-0.15, -0.1) is 0 Å². The topological polar surface area (TPSA) is 89.9 Å². The SMILES string of the molecule is CN(C)C(=O)c1cc(NC(=O)c2ccc3c(c2)OCO3)c(=O)n(C)c1. The van der Waals surface area contributed by atoms with Gasteiger partial charge in [-0.1, -0.05) is 0 Å². The van der Waals surface area contributed by atoms with Gasteiger partial charge >= 0.3 is 0 Å². The van der Waals surface area contributed by atoms with Gasteiger partial charge in [0.25, 0.3) is 17.4 Å². The number of carbonyl (C=O) groups excluding carboxylic acids is 2. The van der Waals surface area contributed by atoms with E-state index in [0.717, 1.165) is 0 Å². The Bertz CT molecular complexity index is 917. The highest BCUT2D eigenvalue weighted by Crippen LogP contribution is 2.32. The summed E-state index contributed by atoms with van der Waals surface area (Å²) in [6.07, 6.45) is 1.43. The second kappa shape index (κ2) is 6.31. The minimum absolute atomic E-state index is 0.0258. The Hall–Kier alpha value is -3.29. The lowest BCUT2D eigenvalue weighted by molar-refractivity contribution is 0.0826. The molecule has 0 radical (unpaired) electrons. The summed E-state index contributed by atoms with van der Waals surface area (Å²) in [7, 11) is 4.74. The van der Waals surface area contributed by atoms with Crippen LogP contribution < -0.4 is 20.3 Å². The number of nitrogens with one attached hydrogen (secondary N) is 1. The number of fused-ring (bicyclic) bond motifs is 1. The van der Waals surface area contributed by atoms with Crippen LogP contribution >= 0.6 is 0 Å². The number of ether oxygens (including phenoxy) is 2. The molecule has 2 aromatic rings. The van der Waals surface area contributed by atoms with E-state index >= 15 is 0 Å². The summed E-state index contributed by atoms with van der Waals surface area (Å²) < 4.78 is 11.7. The fraction of sp³-hybridized carbons (Fsp3) is 0.235. The normalized spacial score (nSPS) is 12.0. The maximum absolute atomic E-state index is 12.4. The van der Waals surface area contributed by atoms with Gasteiger partial charge < -0.3 is 24.3 Å². The first-order valence-corrected chi connectivity index (χ1v) is 7.50. The zero-order valence-corrected chi connectivity index (χ0v) is 14.0. The Morgan fingerprint density at radius 3 is 2.56 bits per heavy atom. The second-order valence-electron chi connectivity index (χ2n) is 5.78. The molecule has 0 atom stereocenters. The zero-order chi connectivity index (χ0) is 18.1. The molecular formula is C17H17N3O5. The standard InChI is InChI=1S/C17H17N3O5/c1-19(2)16(22)11-6-12(17(23)20(3)8-11)18-15(21)10-4-5-13-14(7-10)25-9-24-13/h4-8H,9H2,1-3H3,(H,18,21). The van der Waals surface area contributed by atoms with E-state index in [0.29, 0.717) is 22.6 Å². The van der Waals surface area contributed by atoms with Crippen LogP contribution in [0.25, 0.3) is 0 Å². The van der Waals surface area contributed by atoms with Crippen LogP contribution in [0.1, 0.15) is 20.7 Å². The molecule has 0 unspecified atom stereocenters. The van der Waals surface area contributed by atoms with E-state index in [4.69, 9.17) is 9.47 Å². The summed E-state index contributed by atoms with van der Waals surface area (Å²) in [6.45, 7) is 0.107. The molecule has 0 saturated carbocycles. The van der Waals surface area contributed by atoms with E-state index in [9.17, 15) is 14.4 Å². The number of aryl methyl sites for hydroxylation is 1. The third kappa shape index (κ3) is 3.18. The first kappa shape index (κ1) is 16.6. The first-order valence-electron chi connectivity index (χ1n) is 7.50. The first-order chi connectivity index (χ1) is 11.9. The Balaban J connectivity index is 1.90. The van der Waals surface area contributed by atoms with Crippen molar-refractivity contribution in [1.29, 1.82) is 0 Å². The molecule has 8 heteroatoms. The maximum atomic E-state index is 12.4. The Labute approximate surface area is 143 Å². The zero-order valence-electron chi connectivity index (χ0n) is 14.0. The highest BCUT2D eigenvalue weighted by molar-refractivity contribution is 6.05. The van der Waals surface area contributed by atoms with Crippen molar-refractivity contribution in [2.45, 2.75) is 0 Å². The number of amides is 2. The number of hydrogen-bond donors (Lipinski definition) is 1. The molecule has 1 aromatic carbocycles. The third-order valence-electron chi connectivity index (χ3n) is 3.72. The molecule has 0 aliphatic carbocycles. The van der Waals surface area contributed by atoms with Crippen molar-refractivity contribution in [2.24, 2.45) is 7.05 Å². The molecule has 2 heterocycles. The summed E-state index contributed by atoms with van der Waals surface area (Å²) in [5.41, 5.74) is 0.228. The third-order valence-corrected chi connectivity index (χ3v) is 3.72. The maximum Gasteiger partial charge on any atom is 0.274 e. The Morgan fingerprint density at radius 1 is 1.12 bits per heavy atom. The van der Waals surface area contributed by atoms with E-state index < -0.39 is 11.5 Å². The van der Waals surface area contributed by atoms with Gasteiger partial charge in [0.15, 0.2) is 11.5 Å². The van der Waals surface area contributed by atoms with Crippen LogP contribution in [0.3, 0.4) is 0 Å². The number of hydrogen-bond acceptors (Lipinski definition) is 5. The molecule has 0 fully saturated rings. The number of anilines is 1. The number of pyridine rings is 1. The lowest BCUT2D eigenvalue weighted by Crippen LogP contribution is -2.28. The lowest BCUT2D eigenvalue weighted by atomic mass is 10.1. The largest absolute Gasteiger partial charge is 0.454 e. The van der Waals surface area contributed by atoms with Crippen molar-refractivity contribution in [2.75, 3.05) is 26.2 Å². The van der Waals surface area contributed by atoms with E-state index in [1.54, 1.807) is 26.2 Å². The smallest absolute Gasteiger partial charge is 0.274 e. The summed E-state index contributed by atoms with van der Waals surface area (Å²) in [5.74, 6) is 0.280. The highest BCUT2D eigenvalue weighted by atomic mass is 16.7. The molecule has 0 spiro atoms. The second-order valence-corrected chi connectivity index (χ2v) is 5.78. The van der Waals surface area contributed by atoms with Crippen LogP contribution in [-0.2, 0) is 7.05 Å². The van der Waals surface area contributed by atoms with Gasteiger partial charge in [0.05, 0.1) is 5.56 Å². The van der Waals surface area contributed by atoms with E-state index in [2.05, 4.69) is 5.32 Å². The molecule has 1 aliphatic rings. The molecule has 1 aliphatic heterocycles. The number of rotatable bonds is 3. The molecule has 0 bridgehead atoms. The average Bonchev–Trinajstić information content (AvgIpc) is 3.05. The van der Waals surface area contributed by atoms with E-state index in [1.807, 2.05) is 0 Å². The summed E-state index contributed by atoms with van der Waals surface area (Å²) in [4.78, 5) is 38.2. The van der Waals surface area contributed by atoms with Crippen molar-refractivity contribution in [1.82, 2.24) is 9.47 Å². The van der Waals surface area contributed by atoms with Crippen LogP contribution in [0.4, 0.5) is 5.69 Å². The van der Waals surface area contributed by atoms with Crippen molar-refractivity contribution < 1.29 is 19.1 Å². The predicted octanol–water partition coefficient (Wildman–Crippen LogP) is 1.07. The average molecular weight is 343 g/mol. The molecule has 130 valence electrons. The number of carbonyl (C=O) groups is 2. The molecule has 1 N–H and O–H groups in total. The molecule has 3 rings (SSSR count). The quantitative estimate of drug-likeness (QED) is 0.900. The van der Waals surface area contributed by atoms with Gasteiger partial charge in [0, 0.05) is 32.9 Å². The van der Waals surface area contributed by atoms with Gasteiger partial charge in [0.1, 0.15) is 5.69 Å². The molecule has 8 nitrogen and oxygen atoms in total. The van der Waals surface area contributed by atoms with Gasteiger partial charge in [-0.05, 0) is 24.3 Å². The fourth-order valence-corrected chi connectivity index (χ4v) is 2.41. The van der Waals surface area contributed by atoms with Crippen molar-refractivity contribution in [3.63, 3.8) is 0 Å². The summed E-state index contributed by atoms with van der Waals surface area (Å²) >= 11 is 0. The molecule has 1 aromatic heterocycles. The number of nitrogens with zero attached hydrogens (tertiary/aromatic N) is 2. The van der Waals surface area contributed by atoms with Crippen LogP contribution in [0.2, 0.25) is 0 Å². The monoisotopic (exact) mass is 343 g/mol. The van der Waals surface area contributed by atoms with Gasteiger partial charge in [-0.3, -0.25) is 14.4 Å². The molecular weight excluding hydrogens is 326 g/mol. The molecule has 0 saturated heterocycles. The summed E-state index contributed by atoms with van der Waals surface area (Å²) in [6, 6.07) is 6.11. The number of benzene rings is 1.